The number of rotatable bonds is 3. The fraction of sp³-hybridized carbons (Fsp3) is 0.0833. The second-order valence-electron chi connectivity index (χ2n) is 4.03. The standard InChI is InChI=1S/C12H9N3O3S/c16-15(17)12-9(7-11-13-18-19-14-11)6-5-8-3-1-2-4-10(8)12/h1-6H,7H2,(H,13,14). The van der Waals surface area contributed by atoms with E-state index in [1.54, 1.807) is 18.2 Å². The van der Waals surface area contributed by atoms with Gasteiger partial charge in [-0.3, -0.25) is 19.1 Å². The Morgan fingerprint density at radius 3 is 2.89 bits per heavy atom. The molecule has 7 heteroatoms. The van der Waals surface area contributed by atoms with Crippen molar-refractivity contribution in [2.45, 2.75) is 6.42 Å². The molecule has 0 amide bonds. The average Bonchev–Trinajstić information content (AvgIpc) is 2.91. The van der Waals surface area contributed by atoms with Crippen LogP contribution in [0.15, 0.2) is 41.6 Å². The van der Waals surface area contributed by atoms with Gasteiger partial charge in [-0.1, -0.05) is 35.5 Å². The third-order valence-corrected chi connectivity index (χ3v) is 3.34. The summed E-state index contributed by atoms with van der Waals surface area (Å²) in [6, 6.07) is 10.9. The summed E-state index contributed by atoms with van der Waals surface area (Å²) < 4.78 is 7.58. The Morgan fingerprint density at radius 2 is 2.16 bits per heavy atom. The lowest BCUT2D eigenvalue weighted by atomic mass is 10.0. The Morgan fingerprint density at radius 1 is 1.32 bits per heavy atom. The smallest absolute Gasteiger partial charge is 0.280 e. The highest BCUT2D eigenvalue weighted by atomic mass is 32.2. The van der Waals surface area contributed by atoms with Crippen molar-refractivity contribution in [3.05, 3.63) is 52.1 Å². The lowest BCUT2D eigenvalue weighted by Gasteiger charge is -2.05. The first-order valence-electron chi connectivity index (χ1n) is 5.56. The summed E-state index contributed by atoms with van der Waals surface area (Å²) in [4.78, 5) is 11.0. The normalized spacial score (nSPS) is 13.8. The average molecular weight is 275 g/mol. The van der Waals surface area contributed by atoms with Crippen LogP contribution in [0, 0.1) is 10.1 Å². The molecule has 1 aliphatic rings. The minimum Gasteiger partial charge on any atom is -0.297 e. The van der Waals surface area contributed by atoms with Gasteiger partial charge in [0.2, 0.25) is 12.2 Å². The molecule has 0 radical (unpaired) electrons. The third kappa shape index (κ3) is 2.19. The van der Waals surface area contributed by atoms with E-state index in [1.165, 1.54) is 0 Å². The van der Waals surface area contributed by atoms with Crippen molar-refractivity contribution < 1.29 is 9.21 Å². The molecular formula is C12H9N3O3S. The van der Waals surface area contributed by atoms with E-state index in [0.717, 1.165) is 17.6 Å². The van der Waals surface area contributed by atoms with Gasteiger partial charge in [-0.15, -0.1) is 0 Å². The number of nitrogens with one attached hydrogen (secondary N) is 1. The Balaban J connectivity index is 2.12. The molecule has 3 rings (SSSR count). The minimum atomic E-state index is -0.346. The number of fused-ring (bicyclic) bond motifs is 1. The molecule has 0 bridgehead atoms. The first kappa shape index (κ1) is 11.8. The number of nitro benzene ring substituents is 1. The SMILES string of the molecule is O=[N+]([O-])c1c(CC2=NOSN2)ccc2ccccc12. The van der Waals surface area contributed by atoms with Gasteiger partial charge in [0.25, 0.3) is 5.69 Å². The van der Waals surface area contributed by atoms with Crippen LogP contribution >= 0.6 is 12.2 Å². The maximum atomic E-state index is 11.3. The van der Waals surface area contributed by atoms with Gasteiger partial charge in [0.05, 0.1) is 10.3 Å². The maximum Gasteiger partial charge on any atom is 0.280 e. The van der Waals surface area contributed by atoms with Crippen LogP contribution in [0.4, 0.5) is 5.69 Å². The summed E-state index contributed by atoms with van der Waals surface area (Å²) >= 11 is 0.996. The molecule has 1 N–H and O–H groups in total. The molecule has 19 heavy (non-hydrogen) atoms. The molecule has 6 nitrogen and oxygen atoms in total. The molecular weight excluding hydrogens is 266 g/mol. The van der Waals surface area contributed by atoms with Crippen LogP contribution in [-0.4, -0.2) is 10.8 Å². The highest BCUT2D eigenvalue weighted by Crippen LogP contribution is 2.30. The predicted molar refractivity (Wildman–Crippen MR) is 73.6 cm³/mol. The van der Waals surface area contributed by atoms with E-state index in [9.17, 15) is 10.1 Å². The molecule has 1 heterocycles. The number of nitro groups is 1. The number of nitrogens with zero attached hydrogens (tertiary/aromatic N) is 2. The van der Waals surface area contributed by atoms with Crippen LogP contribution in [0.1, 0.15) is 5.56 Å². The molecule has 0 fully saturated rings. The van der Waals surface area contributed by atoms with Gasteiger partial charge in [0, 0.05) is 12.0 Å². The summed E-state index contributed by atoms with van der Waals surface area (Å²) in [5, 5.41) is 16.6. The first-order chi connectivity index (χ1) is 9.25. The van der Waals surface area contributed by atoms with E-state index in [2.05, 4.69) is 9.88 Å². The lowest BCUT2D eigenvalue weighted by Crippen LogP contribution is -2.14. The molecule has 0 aromatic heterocycles. The highest BCUT2D eigenvalue weighted by molar-refractivity contribution is 7.93. The zero-order chi connectivity index (χ0) is 13.2. The topological polar surface area (TPSA) is 76.8 Å². The van der Waals surface area contributed by atoms with E-state index in [0.29, 0.717) is 23.2 Å². The molecule has 0 saturated carbocycles. The highest BCUT2D eigenvalue weighted by Gasteiger charge is 2.21. The fourth-order valence-electron chi connectivity index (χ4n) is 2.06. The summed E-state index contributed by atoms with van der Waals surface area (Å²) in [7, 11) is 0. The number of amidine groups is 1. The number of hydrogen-bond acceptors (Lipinski definition) is 6. The minimum absolute atomic E-state index is 0.125. The fourth-order valence-corrected chi connectivity index (χ4v) is 2.43. The first-order valence-corrected chi connectivity index (χ1v) is 6.30. The maximum absolute atomic E-state index is 11.3. The largest absolute Gasteiger partial charge is 0.297 e. The summed E-state index contributed by atoms with van der Waals surface area (Å²) in [6.45, 7) is 0. The Bertz CT molecular complexity index is 687. The van der Waals surface area contributed by atoms with E-state index in [1.807, 2.05) is 18.2 Å². The molecule has 2 aromatic rings. The molecule has 96 valence electrons. The quantitative estimate of drug-likeness (QED) is 0.403. The van der Waals surface area contributed by atoms with E-state index >= 15 is 0 Å². The second kappa shape index (κ2) is 4.77. The van der Waals surface area contributed by atoms with Crippen LogP contribution < -0.4 is 4.72 Å². The summed E-state index contributed by atoms with van der Waals surface area (Å²) in [5.41, 5.74) is 0.737. The van der Waals surface area contributed by atoms with Crippen LogP contribution in [0.25, 0.3) is 10.8 Å². The van der Waals surface area contributed by atoms with Crippen LogP contribution in [0.5, 0.6) is 0 Å². The Labute approximate surface area is 112 Å². The van der Waals surface area contributed by atoms with Gasteiger partial charge in [0.15, 0.2) is 5.84 Å². The Hall–Kier alpha value is -2.28. The molecule has 0 saturated heterocycles. The predicted octanol–water partition coefficient (Wildman–Crippen LogP) is 2.79. The number of benzene rings is 2. The molecule has 1 aliphatic heterocycles. The molecule has 0 aliphatic carbocycles. The second-order valence-corrected chi connectivity index (χ2v) is 4.55. The monoisotopic (exact) mass is 275 g/mol. The molecule has 0 spiro atoms. The summed E-state index contributed by atoms with van der Waals surface area (Å²) in [5.74, 6) is 0.573. The van der Waals surface area contributed by atoms with Crippen molar-refractivity contribution in [3.63, 3.8) is 0 Å². The van der Waals surface area contributed by atoms with Crippen LogP contribution in [-0.2, 0) is 10.7 Å². The van der Waals surface area contributed by atoms with Gasteiger partial charge in [-0.25, -0.2) is 0 Å². The third-order valence-electron chi connectivity index (χ3n) is 2.87. The Kier molecular flexibility index (Phi) is 2.96. The van der Waals surface area contributed by atoms with E-state index in [4.69, 9.17) is 4.28 Å². The zero-order valence-electron chi connectivity index (χ0n) is 9.70. The lowest BCUT2D eigenvalue weighted by molar-refractivity contribution is -0.383. The van der Waals surface area contributed by atoms with Crippen LogP contribution in [0.3, 0.4) is 0 Å². The van der Waals surface area contributed by atoms with Crippen molar-refractivity contribution >= 4 is 34.5 Å². The van der Waals surface area contributed by atoms with Gasteiger partial charge in [0.1, 0.15) is 0 Å². The van der Waals surface area contributed by atoms with Crippen molar-refractivity contribution in [2.75, 3.05) is 0 Å². The number of hydrogen-bond donors (Lipinski definition) is 1. The van der Waals surface area contributed by atoms with Gasteiger partial charge in [-0.2, -0.15) is 0 Å². The van der Waals surface area contributed by atoms with Gasteiger partial charge < -0.3 is 0 Å². The van der Waals surface area contributed by atoms with Crippen molar-refractivity contribution in [1.82, 2.24) is 4.72 Å². The molecule has 0 atom stereocenters. The molecule has 2 aromatic carbocycles. The zero-order valence-corrected chi connectivity index (χ0v) is 10.5. The molecule has 0 unspecified atom stereocenters. The van der Waals surface area contributed by atoms with Crippen molar-refractivity contribution in [1.29, 1.82) is 0 Å². The van der Waals surface area contributed by atoms with Crippen molar-refractivity contribution in [2.24, 2.45) is 5.16 Å². The number of oxime groups is 1. The van der Waals surface area contributed by atoms with Gasteiger partial charge in [-0.05, 0) is 11.5 Å². The van der Waals surface area contributed by atoms with Gasteiger partial charge >= 0.3 is 0 Å². The van der Waals surface area contributed by atoms with E-state index < -0.39 is 0 Å². The van der Waals surface area contributed by atoms with Crippen LogP contribution in [0.2, 0.25) is 0 Å². The van der Waals surface area contributed by atoms with E-state index in [-0.39, 0.29) is 10.6 Å². The summed E-state index contributed by atoms with van der Waals surface area (Å²) in [6.07, 6.45) is 0.341. The van der Waals surface area contributed by atoms with Crippen molar-refractivity contribution in [3.8, 4) is 0 Å².